The lowest BCUT2D eigenvalue weighted by molar-refractivity contribution is -0.175. The topological polar surface area (TPSA) is 90.9 Å². The SMILES string of the molecule is CCCC(C(=O)OCC)(C(=O)OCC)C(NC(=O)OC(C)(C)C)c1ccccc1. The number of carbonyl (C=O) groups excluding carboxylic acids is 3. The molecule has 0 aliphatic rings. The maximum atomic E-state index is 13.1. The predicted octanol–water partition coefficient (Wildman–Crippen LogP) is 4.17. The molecule has 1 atom stereocenters. The highest BCUT2D eigenvalue weighted by Gasteiger charge is 2.55. The largest absolute Gasteiger partial charge is 0.465 e. The Bertz CT molecular complexity index is 662. The number of ether oxygens (including phenoxy) is 3. The van der Waals surface area contributed by atoms with Gasteiger partial charge in [-0.1, -0.05) is 43.7 Å². The molecule has 162 valence electrons. The van der Waals surface area contributed by atoms with Crippen molar-refractivity contribution < 1.29 is 28.6 Å². The minimum Gasteiger partial charge on any atom is -0.465 e. The summed E-state index contributed by atoms with van der Waals surface area (Å²) in [5.74, 6) is -1.46. The van der Waals surface area contributed by atoms with E-state index in [2.05, 4.69) is 5.32 Å². The van der Waals surface area contributed by atoms with E-state index in [1.54, 1.807) is 58.9 Å². The fourth-order valence-electron chi connectivity index (χ4n) is 3.14. The van der Waals surface area contributed by atoms with Crippen LogP contribution in [0.1, 0.15) is 66.0 Å². The predicted molar refractivity (Wildman–Crippen MR) is 109 cm³/mol. The zero-order chi connectivity index (χ0) is 22.1. The van der Waals surface area contributed by atoms with Gasteiger partial charge in [0, 0.05) is 0 Å². The molecule has 0 spiro atoms. The molecule has 1 aromatic carbocycles. The summed E-state index contributed by atoms with van der Waals surface area (Å²) in [6.07, 6.45) is -0.0998. The average molecular weight is 408 g/mol. The van der Waals surface area contributed by atoms with Crippen LogP contribution in [0.2, 0.25) is 0 Å². The highest BCUT2D eigenvalue weighted by Crippen LogP contribution is 2.41. The molecular weight excluding hydrogens is 374 g/mol. The summed E-state index contributed by atoms with van der Waals surface area (Å²) in [6.45, 7) is 10.6. The summed E-state index contributed by atoms with van der Waals surface area (Å²) in [6, 6.07) is 7.81. The second-order valence-electron chi connectivity index (χ2n) is 7.65. The quantitative estimate of drug-likeness (QED) is 0.375. The van der Waals surface area contributed by atoms with Crippen molar-refractivity contribution in [2.75, 3.05) is 13.2 Å². The van der Waals surface area contributed by atoms with E-state index in [4.69, 9.17) is 14.2 Å². The summed E-state index contributed by atoms with van der Waals surface area (Å²) in [5.41, 5.74) is -1.90. The Balaban J connectivity index is 3.57. The Hall–Kier alpha value is -2.57. The molecular formula is C22H33NO6. The van der Waals surface area contributed by atoms with Crippen molar-refractivity contribution in [1.82, 2.24) is 5.32 Å². The summed E-state index contributed by atoms with van der Waals surface area (Å²) < 4.78 is 15.9. The third-order valence-corrected chi connectivity index (χ3v) is 4.21. The van der Waals surface area contributed by atoms with Crippen LogP contribution < -0.4 is 5.32 Å². The molecule has 0 radical (unpaired) electrons. The van der Waals surface area contributed by atoms with Gasteiger partial charge in [0.15, 0.2) is 5.41 Å². The van der Waals surface area contributed by atoms with Gasteiger partial charge in [-0.2, -0.15) is 0 Å². The van der Waals surface area contributed by atoms with E-state index in [1.165, 1.54) is 0 Å². The first-order valence-electron chi connectivity index (χ1n) is 10.0. The Morgan fingerprint density at radius 2 is 1.45 bits per heavy atom. The first kappa shape index (κ1) is 24.5. The monoisotopic (exact) mass is 407 g/mol. The van der Waals surface area contributed by atoms with Crippen molar-refractivity contribution in [3.8, 4) is 0 Å². The molecule has 0 aliphatic carbocycles. The molecule has 0 heterocycles. The minimum absolute atomic E-state index is 0.0949. The van der Waals surface area contributed by atoms with Gasteiger partial charge in [-0.3, -0.25) is 9.59 Å². The van der Waals surface area contributed by atoms with E-state index in [9.17, 15) is 14.4 Å². The molecule has 0 fully saturated rings. The lowest BCUT2D eigenvalue weighted by atomic mass is 9.73. The maximum Gasteiger partial charge on any atom is 0.408 e. The number of hydrogen-bond acceptors (Lipinski definition) is 6. The van der Waals surface area contributed by atoms with Crippen LogP contribution in [0.15, 0.2) is 30.3 Å². The van der Waals surface area contributed by atoms with Gasteiger partial charge in [-0.05, 0) is 46.6 Å². The van der Waals surface area contributed by atoms with Crippen molar-refractivity contribution in [3.05, 3.63) is 35.9 Å². The molecule has 1 amide bonds. The number of hydrogen-bond donors (Lipinski definition) is 1. The first-order chi connectivity index (χ1) is 13.6. The fraction of sp³-hybridized carbons (Fsp3) is 0.591. The second kappa shape index (κ2) is 10.8. The van der Waals surface area contributed by atoms with Gasteiger partial charge >= 0.3 is 18.0 Å². The lowest BCUT2D eigenvalue weighted by Crippen LogP contribution is -2.53. The standard InChI is InChI=1S/C22H33NO6/c1-7-15-22(18(24)27-8-2,19(25)28-9-3)17(16-13-11-10-12-14-16)23-20(26)29-21(4,5)6/h10-14,17H,7-9,15H2,1-6H3,(H,23,26). The van der Waals surface area contributed by atoms with Gasteiger partial charge in [0.25, 0.3) is 0 Å². The van der Waals surface area contributed by atoms with E-state index < -0.39 is 35.1 Å². The molecule has 0 aliphatic heterocycles. The number of esters is 2. The number of rotatable bonds is 9. The van der Waals surface area contributed by atoms with Gasteiger partial charge in [-0.25, -0.2) is 4.79 Å². The zero-order valence-electron chi connectivity index (χ0n) is 18.2. The Morgan fingerprint density at radius 3 is 1.86 bits per heavy atom. The molecule has 0 saturated carbocycles. The van der Waals surface area contributed by atoms with Crippen molar-refractivity contribution >= 4 is 18.0 Å². The van der Waals surface area contributed by atoms with Gasteiger partial charge in [-0.15, -0.1) is 0 Å². The second-order valence-corrected chi connectivity index (χ2v) is 7.65. The van der Waals surface area contributed by atoms with Crippen molar-refractivity contribution in [2.24, 2.45) is 5.41 Å². The molecule has 0 saturated heterocycles. The number of carbonyl (C=O) groups is 3. The summed E-state index contributed by atoms with van der Waals surface area (Å²) in [7, 11) is 0. The summed E-state index contributed by atoms with van der Waals surface area (Å²) in [5, 5.41) is 2.73. The summed E-state index contributed by atoms with van der Waals surface area (Å²) >= 11 is 0. The maximum absolute atomic E-state index is 13.1. The van der Waals surface area contributed by atoms with Crippen LogP contribution in [0.4, 0.5) is 4.79 Å². The molecule has 29 heavy (non-hydrogen) atoms. The highest BCUT2D eigenvalue weighted by atomic mass is 16.6. The van der Waals surface area contributed by atoms with Crippen molar-refractivity contribution in [2.45, 2.75) is 66.0 Å². The van der Waals surface area contributed by atoms with Crippen LogP contribution in [-0.4, -0.2) is 36.8 Å². The Kier molecular flexibility index (Phi) is 9.14. The number of alkyl carbamates (subject to hydrolysis) is 1. The van der Waals surface area contributed by atoms with Gasteiger partial charge in [0.05, 0.1) is 19.3 Å². The number of nitrogens with one attached hydrogen (secondary N) is 1. The molecule has 0 aromatic heterocycles. The van der Waals surface area contributed by atoms with Gasteiger partial charge in [0.2, 0.25) is 0 Å². The van der Waals surface area contributed by atoms with E-state index in [1.807, 2.05) is 13.0 Å². The Labute approximate surface area is 173 Å². The van der Waals surface area contributed by atoms with E-state index in [-0.39, 0.29) is 19.6 Å². The summed E-state index contributed by atoms with van der Waals surface area (Å²) in [4.78, 5) is 38.9. The zero-order valence-corrected chi connectivity index (χ0v) is 18.2. The van der Waals surface area contributed by atoms with Gasteiger partial charge in [0.1, 0.15) is 5.60 Å². The minimum atomic E-state index is -1.74. The lowest BCUT2D eigenvalue weighted by Gasteiger charge is -2.37. The molecule has 0 bridgehead atoms. The van der Waals surface area contributed by atoms with E-state index in [0.717, 1.165) is 0 Å². The molecule has 1 aromatic rings. The smallest absolute Gasteiger partial charge is 0.408 e. The van der Waals surface area contributed by atoms with Crippen LogP contribution in [0.5, 0.6) is 0 Å². The van der Waals surface area contributed by atoms with Gasteiger partial charge < -0.3 is 19.5 Å². The van der Waals surface area contributed by atoms with Crippen LogP contribution in [-0.2, 0) is 23.8 Å². The number of amides is 1. The van der Waals surface area contributed by atoms with Crippen molar-refractivity contribution in [3.63, 3.8) is 0 Å². The average Bonchev–Trinajstić information content (AvgIpc) is 2.64. The van der Waals surface area contributed by atoms with E-state index in [0.29, 0.717) is 12.0 Å². The number of benzene rings is 1. The molecule has 1 unspecified atom stereocenters. The first-order valence-corrected chi connectivity index (χ1v) is 10.0. The third kappa shape index (κ3) is 6.48. The Morgan fingerprint density at radius 1 is 0.931 bits per heavy atom. The fourth-order valence-corrected chi connectivity index (χ4v) is 3.14. The third-order valence-electron chi connectivity index (χ3n) is 4.21. The molecule has 1 N–H and O–H groups in total. The van der Waals surface area contributed by atoms with Crippen LogP contribution in [0, 0.1) is 5.41 Å². The van der Waals surface area contributed by atoms with Crippen LogP contribution in [0.3, 0.4) is 0 Å². The molecule has 7 nitrogen and oxygen atoms in total. The molecule has 1 rings (SSSR count). The normalized spacial score (nSPS) is 12.6. The van der Waals surface area contributed by atoms with Crippen LogP contribution >= 0.6 is 0 Å². The van der Waals surface area contributed by atoms with Crippen molar-refractivity contribution in [1.29, 1.82) is 0 Å². The molecule has 7 heteroatoms. The highest BCUT2D eigenvalue weighted by molar-refractivity contribution is 6.01. The van der Waals surface area contributed by atoms with Crippen LogP contribution in [0.25, 0.3) is 0 Å². The van der Waals surface area contributed by atoms with E-state index >= 15 is 0 Å².